The molecule has 2 N–H and O–H groups in total. The van der Waals surface area contributed by atoms with Crippen LogP contribution >= 0.6 is 0 Å². The van der Waals surface area contributed by atoms with Gasteiger partial charge in [-0.05, 0) is 18.6 Å². The fraction of sp³-hybridized carbons (Fsp3) is 0.267. The first-order chi connectivity index (χ1) is 10.1. The lowest BCUT2D eigenvalue weighted by Gasteiger charge is -2.12. The molecule has 2 rings (SSSR count). The van der Waals surface area contributed by atoms with E-state index in [1.807, 2.05) is 37.3 Å². The van der Waals surface area contributed by atoms with Crippen LogP contribution in [0.5, 0.6) is 0 Å². The topological polar surface area (TPSA) is 84.2 Å². The van der Waals surface area contributed by atoms with Crippen molar-refractivity contribution in [2.24, 2.45) is 0 Å². The fourth-order valence-electron chi connectivity index (χ4n) is 1.95. The van der Waals surface area contributed by atoms with Crippen molar-refractivity contribution in [2.75, 3.05) is 0 Å². The number of amides is 1. The van der Waals surface area contributed by atoms with E-state index in [0.29, 0.717) is 18.4 Å². The third-order valence-corrected chi connectivity index (χ3v) is 3.05. The number of hydrogen-bond donors (Lipinski definition) is 2. The van der Waals surface area contributed by atoms with Gasteiger partial charge >= 0.3 is 5.97 Å². The highest BCUT2D eigenvalue weighted by molar-refractivity contribution is 5.96. The van der Waals surface area contributed by atoms with E-state index in [1.54, 1.807) is 10.9 Å². The summed E-state index contributed by atoms with van der Waals surface area (Å²) in [7, 11) is 0. The molecule has 0 aliphatic rings. The summed E-state index contributed by atoms with van der Waals surface area (Å²) in [6.07, 6.45) is 4.08. The van der Waals surface area contributed by atoms with Gasteiger partial charge < -0.3 is 10.4 Å². The summed E-state index contributed by atoms with van der Waals surface area (Å²) >= 11 is 0. The Hall–Kier alpha value is -2.63. The van der Waals surface area contributed by atoms with Gasteiger partial charge in [0.15, 0.2) is 0 Å². The molecule has 1 atom stereocenters. The third kappa shape index (κ3) is 3.68. The van der Waals surface area contributed by atoms with Gasteiger partial charge in [0.1, 0.15) is 6.04 Å². The van der Waals surface area contributed by atoms with Crippen LogP contribution in [-0.4, -0.2) is 32.8 Å². The second-order valence-corrected chi connectivity index (χ2v) is 4.66. The lowest BCUT2D eigenvalue weighted by molar-refractivity contribution is -0.139. The summed E-state index contributed by atoms with van der Waals surface area (Å²) in [5.41, 5.74) is 1.17. The molecule has 1 unspecified atom stereocenters. The Kier molecular flexibility index (Phi) is 4.71. The number of carboxylic acids is 1. The number of benzene rings is 1. The van der Waals surface area contributed by atoms with Crippen LogP contribution in [0.25, 0.3) is 5.69 Å². The SMILES string of the molecule is CCCC(NC(=O)c1cnn(-c2ccccc2)c1)C(=O)O. The number of rotatable bonds is 6. The zero-order valence-corrected chi connectivity index (χ0v) is 11.7. The predicted molar refractivity (Wildman–Crippen MR) is 77.4 cm³/mol. The first-order valence-corrected chi connectivity index (χ1v) is 6.75. The zero-order chi connectivity index (χ0) is 15.2. The van der Waals surface area contributed by atoms with Gasteiger partial charge in [0.25, 0.3) is 5.91 Å². The van der Waals surface area contributed by atoms with Gasteiger partial charge in [0.05, 0.1) is 17.4 Å². The van der Waals surface area contributed by atoms with Crippen molar-refractivity contribution in [3.05, 3.63) is 48.3 Å². The highest BCUT2D eigenvalue weighted by Crippen LogP contribution is 2.08. The van der Waals surface area contributed by atoms with E-state index in [-0.39, 0.29) is 0 Å². The molecule has 0 fully saturated rings. The van der Waals surface area contributed by atoms with Gasteiger partial charge in [-0.2, -0.15) is 5.10 Å². The van der Waals surface area contributed by atoms with Gasteiger partial charge in [-0.1, -0.05) is 31.5 Å². The molecule has 0 spiro atoms. The number of carbonyl (C=O) groups excluding carboxylic acids is 1. The molecule has 1 amide bonds. The van der Waals surface area contributed by atoms with Crippen molar-refractivity contribution in [1.29, 1.82) is 0 Å². The summed E-state index contributed by atoms with van der Waals surface area (Å²) in [6.45, 7) is 1.87. The molecule has 0 bridgehead atoms. The van der Waals surface area contributed by atoms with Crippen LogP contribution in [-0.2, 0) is 4.79 Å². The molecule has 6 heteroatoms. The van der Waals surface area contributed by atoms with Crippen LogP contribution in [0.15, 0.2) is 42.7 Å². The minimum absolute atomic E-state index is 0.334. The molecule has 0 saturated heterocycles. The van der Waals surface area contributed by atoms with Gasteiger partial charge in [0.2, 0.25) is 0 Å². The molecule has 110 valence electrons. The summed E-state index contributed by atoms with van der Waals surface area (Å²) in [5, 5.41) is 15.7. The molecule has 1 aromatic carbocycles. The maximum Gasteiger partial charge on any atom is 0.326 e. The lowest BCUT2D eigenvalue weighted by atomic mass is 10.1. The highest BCUT2D eigenvalue weighted by Gasteiger charge is 2.20. The summed E-state index contributed by atoms with van der Waals surface area (Å²) < 4.78 is 1.57. The van der Waals surface area contributed by atoms with Gasteiger partial charge in [-0.3, -0.25) is 4.79 Å². The minimum Gasteiger partial charge on any atom is -0.480 e. The normalized spacial score (nSPS) is 11.9. The van der Waals surface area contributed by atoms with Gasteiger partial charge in [-0.15, -0.1) is 0 Å². The Balaban J connectivity index is 2.10. The quantitative estimate of drug-likeness (QED) is 0.849. The van der Waals surface area contributed by atoms with Crippen molar-refractivity contribution in [3.8, 4) is 5.69 Å². The Morgan fingerprint density at radius 1 is 1.33 bits per heavy atom. The maximum absolute atomic E-state index is 12.1. The average molecular weight is 287 g/mol. The Morgan fingerprint density at radius 2 is 2.05 bits per heavy atom. The summed E-state index contributed by atoms with van der Waals surface area (Å²) in [5.74, 6) is -1.46. The monoisotopic (exact) mass is 287 g/mol. The van der Waals surface area contributed by atoms with E-state index in [2.05, 4.69) is 10.4 Å². The first-order valence-electron chi connectivity index (χ1n) is 6.75. The highest BCUT2D eigenvalue weighted by atomic mass is 16.4. The second-order valence-electron chi connectivity index (χ2n) is 4.66. The van der Waals surface area contributed by atoms with E-state index in [1.165, 1.54) is 6.20 Å². The number of aliphatic carboxylic acids is 1. The summed E-state index contributed by atoms with van der Waals surface area (Å²) in [6, 6.07) is 8.50. The number of carboxylic acid groups (broad SMARTS) is 1. The van der Waals surface area contributed by atoms with Crippen LogP contribution < -0.4 is 5.32 Å². The van der Waals surface area contributed by atoms with E-state index in [4.69, 9.17) is 5.11 Å². The van der Waals surface area contributed by atoms with Crippen molar-refractivity contribution >= 4 is 11.9 Å². The zero-order valence-electron chi connectivity index (χ0n) is 11.7. The smallest absolute Gasteiger partial charge is 0.326 e. The molecule has 0 radical (unpaired) electrons. The molecule has 6 nitrogen and oxygen atoms in total. The van der Waals surface area contributed by atoms with E-state index in [9.17, 15) is 9.59 Å². The van der Waals surface area contributed by atoms with Crippen LogP contribution in [0, 0.1) is 0 Å². The number of nitrogens with one attached hydrogen (secondary N) is 1. The van der Waals surface area contributed by atoms with Crippen molar-refractivity contribution in [2.45, 2.75) is 25.8 Å². The number of carbonyl (C=O) groups is 2. The molecule has 0 aliphatic heterocycles. The molecule has 2 aromatic rings. The largest absolute Gasteiger partial charge is 0.480 e. The molecule has 1 heterocycles. The number of para-hydroxylation sites is 1. The maximum atomic E-state index is 12.1. The van der Waals surface area contributed by atoms with E-state index >= 15 is 0 Å². The van der Waals surface area contributed by atoms with Gasteiger partial charge in [0, 0.05) is 6.20 Å². The molecular weight excluding hydrogens is 270 g/mol. The number of hydrogen-bond acceptors (Lipinski definition) is 3. The van der Waals surface area contributed by atoms with E-state index < -0.39 is 17.9 Å². The number of aromatic nitrogens is 2. The summed E-state index contributed by atoms with van der Waals surface area (Å²) in [4.78, 5) is 23.1. The lowest BCUT2D eigenvalue weighted by Crippen LogP contribution is -2.40. The van der Waals surface area contributed by atoms with Crippen LogP contribution in [0.1, 0.15) is 30.1 Å². The fourth-order valence-corrected chi connectivity index (χ4v) is 1.95. The van der Waals surface area contributed by atoms with Crippen LogP contribution in [0.4, 0.5) is 0 Å². The Labute approximate surface area is 122 Å². The molecule has 0 aliphatic carbocycles. The van der Waals surface area contributed by atoms with Gasteiger partial charge in [-0.25, -0.2) is 9.48 Å². The minimum atomic E-state index is -1.03. The molecule has 1 aromatic heterocycles. The average Bonchev–Trinajstić information content (AvgIpc) is 2.97. The van der Waals surface area contributed by atoms with Crippen LogP contribution in [0.2, 0.25) is 0 Å². The van der Waals surface area contributed by atoms with E-state index in [0.717, 1.165) is 5.69 Å². The number of nitrogens with zero attached hydrogens (tertiary/aromatic N) is 2. The standard InChI is InChI=1S/C15H17N3O3/c1-2-6-13(15(20)21)17-14(19)11-9-16-18(10-11)12-7-4-3-5-8-12/h3-5,7-10,13H,2,6H2,1H3,(H,17,19)(H,20,21). The Morgan fingerprint density at radius 3 is 2.67 bits per heavy atom. The van der Waals surface area contributed by atoms with Crippen molar-refractivity contribution in [3.63, 3.8) is 0 Å². The molecule has 21 heavy (non-hydrogen) atoms. The first kappa shape index (κ1) is 14.8. The van der Waals surface area contributed by atoms with Crippen LogP contribution in [0.3, 0.4) is 0 Å². The Bertz CT molecular complexity index is 622. The predicted octanol–water partition coefficient (Wildman–Crippen LogP) is 1.86. The molecular formula is C15H17N3O3. The van der Waals surface area contributed by atoms with Crippen molar-refractivity contribution < 1.29 is 14.7 Å². The molecule has 0 saturated carbocycles. The second kappa shape index (κ2) is 6.69. The van der Waals surface area contributed by atoms with Crippen molar-refractivity contribution in [1.82, 2.24) is 15.1 Å². The third-order valence-electron chi connectivity index (χ3n) is 3.05.